The topological polar surface area (TPSA) is 43.6 Å². The van der Waals surface area contributed by atoms with Crippen molar-refractivity contribution in [2.24, 2.45) is 28.2 Å². The molecule has 27 heavy (non-hydrogen) atoms. The highest BCUT2D eigenvalue weighted by Gasteiger charge is 2.61. The van der Waals surface area contributed by atoms with E-state index < -0.39 is 11.6 Å². The van der Waals surface area contributed by atoms with Gasteiger partial charge in [0.05, 0.1) is 22.2 Å². The highest BCUT2D eigenvalue weighted by atomic mass is 32.1. The number of hydrogen-bond donors (Lipinski definition) is 0. The Balaban J connectivity index is 1.60. The maximum Gasteiger partial charge on any atom is 0.254 e. The van der Waals surface area contributed by atoms with Gasteiger partial charge in [-0.2, -0.15) is 4.99 Å². The van der Waals surface area contributed by atoms with Gasteiger partial charge in [0.15, 0.2) is 16.4 Å². The molecule has 0 aliphatic heterocycles. The van der Waals surface area contributed by atoms with Gasteiger partial charge in [-0.25, -0.2) is 8.78 Å². The summed E-state index contributed by atoms with van der Waals surface area (Å²) in [7, 11) is 1.59. The number of halogens is 2. The Bertz CT molecular complexity index is 982. The number of amides is 1. The molecule has 2 aromatic rings. The van der Waals surface area contributed by atoms with E-state index in [2.05, 4.69) is 4.99 Å². The molecule has 7 heteroatoms. The summed E-state index contributed by atoms with van der Waals surface area (Å²) in [5, 5.41) is 0. The second-order valence-electron chi connectivity index (χ2n) is 8.38. The van der Waals surface area contributed by atoms with Gasteiger partial charge < -0.3 is 9.30 Å². The summed E-state index contributed by atoms with van der Waals surface area (Å²) in [6.07, 6.45) is 5.50. The summed E-state index contributed by atoms with van der Waals surface area (Å²) >= 11 is 1.24. The second kappa shape index (κ2) is 6.21. The van der Waals surface area contributed by atoms with E-state index in [1.165, 1.54) is 29.9 Å². The molecule has 2 unspecified atom stereocenters. The number of fused-ring (bicyclic) bond motifs is 1. The summed E-state index contributed by atoms with van der Waals surface area (Å²) < 4.78 is 35.0. The lowest BCUT2D eigenvalue weighted by Gasteiger charge is -2.29. The number of carbonyl (C=O) groups is 1. The van der Waals surface area contributed by atoms with Gasteiger partial charge in [0.1, 0.15) is 0 Å². The smallest absolute Gasteiger partial charge is 0.254 e. The summed E-state index contributed by atoms with van der Waals surface area (Å²) in [5.74, 6) is 0.00584. The summed E-state index contributed by atoms with van der Waals surface area (Å²) in [6, 6.07) is 2.37. The fourth-order valence-corrected chi connectivity index (χ4v) is 6.95. The van der Waals surface area contributed by atoms with Crippen LogP contribution >= 0.6 is 11.3 Å². The molecule has 1 heterocycles. The van der Waals surface area contributed by atoms with Crippen LogP contribution in [0.15, 0.2) is 17.1 Å². The lowest BCUT2D eigenvalue weighted by molar-refractivity contribution is -0.129. The first-order valence-corrected chi connectivity index (χ1v) is 10.4. The molecule has 0 radical (unpaired) electrons. The average molecular weight is 392 g/mol. The van der Waals surface area contributed by atoms with Gasteiger partial charge in [-0.05, 0) is 55.9 Å². The van der Waals surface area contributed by atoms with E-state index in [0.717, 1.165) is 25.7 Å². The highest BCUT2D eigenvalue weighted by molar-refractivity contribution is 7.16. The molecule has 1 aromatic heterocycles. The molecular weight excluding hydrogens is 370 g/mol. The molecule has 2 atom stereocenters. The SMILES string of the molecule is COCCn1c(=NC(=O)C23CC4CC(CC2C4)C3)sc2cc(F)c(F)cc21. The molecule has 1 amide bonds. The number of ether oxygens (including phenoxy) is 1. The summed E-state index contributed by atoms with van der Waals surface area (Å²) in [6.45, 7) is 0.847. The molecule has 1 aromatic carbocycles. The Morgan fingerprint density at radius 3 is 2.67 bits per heavy atom. The molecule has 144 valence electrons. The van der Waals surface area contributed by atoms with Gasteiger partial charge in [0.25, 0.3) is 5.91 Å². The molecule has 0 N–H and O–H groups in total. The number of benzene rings is 1. The zero-order valence-electron chi connectivity index (χ0n) is 15.2. The molecular formula is C20H22F2N2O2S. The minimum atomic E-state index is -0.894. The Labute approximate surface area is 159 Å². The first-order valence-electron chi connectivity index (χ1n) is 9.56. The maximum absolute atomic E-state index is 13.8. The van der Waals surface area contributed by atoms with Crippen molar-refractivity contribution in [2.45, 2.75) is 38.6 Å². The Hall–Kier alpha value is -1.60. The van der Waals surface area contributed by atoms with E-state index in [4.69, 9.17) is 4.74 Å². The van der Waals surface area contributed by atoms with Gasteiger partial charge in [-0.3, -0.25) is 4.79 Å². The van der Waals surface area contributed by atoms with Crippen molar-refractivity contribution in [3.63, 3.8) is 0 Å². The van der Waals surface area contributed by atoms with Crippen LogP contribution in [0, 0.1) is 34.8 Å². The van der Waals surface area contributed by atoms with Crippen LogP contribution in [-0.2, 0) is 16.1 Å². The molecule has 4 saturated carbocycles. The van der Waals surface area contributed by atoms with E-state index >= 15 is 0 Å². The number of carbonyl (C=O) groups excluding carboxylic acids is 1. The molecule has 0 saturated heterocycles. The fourth-order valence-electron chi connectivity index (χ4n) is 5.89. The van der Waals surface area contributed by atoms with Crippen molar-refractivity contribution in [3.05, 3.63) is 28.6 Å². The van der Waals surface area contributed by atoms with Crippen molar-refractivity contribution >= 4 is 27.5 Å². The Morgan fingerprint density at radius 1 is 1.26 bits per heavy atom. The van der Waals surface area contributed by atoms with Gasteiger partial charge in [-0.15, -0.1) is 0 Å². The van der Waals surface area contributed by atoms with Gasteiger partial charge in [-0.1, -0.05) is 11.3 Å². The summed E-state index contributed by atoms with van der Waals surface area (Å²) in [5.41, 5.74) is 0.261. The standard InChI is InChI=1S/C20H22F2N2O2S/c1-26-3-2-24-16-7-14(21)15(22)8-17(16)27-19(24)23-18(25)20-9-11-4-12(10-20)6-13(20)5-11/h7-8,11-13H,2-6,9-10H2,1H3. The van der Waals surface area contributed by atoms with E-state index in [-0.39, 0.29) is 11.3 Å². The maximum atomic E-state index is 13.8. The third kappa shape index (κ3) is 2.62. The van der Waals surface area contributed by atoms with E-state index in [0.29, 0.717) is 45.9 Å². The quantitative estimate of drug-likeness (QED) is 0.793. The fraction of sp³-hybridized carbons (Fsp3) is 0.600. The Morgan fingerprint density at radius 2 is 1.96 bits per heavy atom. The van der Waals surface area contributed by atoms with Crippen molar-refractivity contribution in [3.8, 4) is 0 Å². The van der Waals surface area contributed by atoms with Crippen LogP contribution < -0.4 is 4.80 Å². The number of methoxy groups -OCH3 is 1. The van der Waals surface area contributed by atoms with Crippen LogP contribution in [0.25, 0.3) is 10.2 Å². The zero-order valence-corrected chi connectivity index (χ0v) is 16.0. The first kappa shape index (κ1) is 17.5. The lowest BCUT2D eigenvalue weighted by atomic mass is 9.75. The number of hydrogen-bond acceptors (Lipinski definition) is 3. The predicted octanol–water partition coefficient (Wildman–Crippen LogP) is 3.88. The summed E-state index contributed by atoms with van der Waals surface area (Å²) in [4.78, 5) is 18.3. The molecule has 4 aliphatic rings. The molecule has 4 fully saturated rings. The zero-order chi connectivity index (χ0) is 18.8. The third-order valence-electron chi connectivity index (χ3n) is 6.86. The van der Waals surface area contributed by atoms with E-state index in [1.807, 2.05) is 0 Å². The van der Waals surface area contributed by atoms with Crippen molar-refractivity contribution in [1.29, 1.82) is 0 Å². The molecule has 4 bridgehead atoms. The minimum absolute atomic E-state index is 0.0316. The van der Waals surface area contributed by atoms with Crippen LogP contribution in [0.2, 0.25) is 0 Å². The van der Waals surface area contributed by atoms with Crippen molar-refractivity contribution in [2.75, 3.05) is 13.7 Å². The van der Waals surface area contributed by atoms with Gasteiger partial charge in [0.2, 0.25) is 0 Å². The number of thiazole rings is 1. The van der Waals surface area contributed by atoms with Crippen molar-refractivity contribution in [1.82, 2.24) is 4.57 Å². The second-order valence-corrected chi connectivity index (χ2v) is 9.39. The largest absolute Gasteiger partial charge is 0.383 e. The van der Waals surface area contributed by atoms with Crippen molar-refractivity contribution < 1.29 is 18.3 Å². The number of aromatic nitrogens is 1. The number of rotatable bonds is 4. The minimum Gasteiger partial charge on any atom is -0.383 e. The van der Waals surface area contributed by atoms with Gasteiger partial charge in [0, 0.05) is 19.7 Å². The molecule has 4 nitrogen and oxygen atoms in total. The van der Waals surface area contributed by atoms with E-state index in [9.17, 15) is 13.6 Å². The lowest BCUT2D eigenvalue weighted by Crippen LogP contribution is -2.33. The molecule has 6 rings (SSSR count). The molecule has 0 spiro atoms. The van der Waals surface area contributed by atoms with Crippen LogP contribution in [-0.4, -0.2) is 24.2 Å². The molecule has 4 aliphatic carbocycles. The average Bonchev–Trinajstić information content (AvgIpc) is 3.17. The van der Waals surface area contributed by atoms with Crippen LogP contribution in [0.1, 0.15) is 32.1 Å². The normalized spacial score (nSPS) is 32.1. The monoisotopic (exact) mass is 392 g/mol. The van der Waals surface area contributed by atoms with Crippen LogP contribution in [0.3, 0.4) is 0 Å². The van der Waals surface area contributed by atoms with Gasteiger partial charge >= 0.3 is 0 Å². The van der Waals surface area contributed by atoms with Crippen LogP contribution in [0.4, 0.5) is 8.78 Å². The predicted molar refractivity (Wildman–Crippen MR) is 98.2 cm³/mol. The first-order chi connectivity index (χ1) is 13.0. The van der Waals surface area contributed by atoms with E-state index in [1.54, 1.807) is 11.7 Å². The third-order valence-corrected chi connectivity index (χ3v) is 7.90. The number of nitrogens with zero attached hydrogens (tertiary/aromatic N) is 2. The Kier molecular flexibility index (Phi) is 4.02. The van der Waals surface area contributed by atoms with Crippen LogP contribution in [0.5, 0.6) is 0 Å². The highest BCUT2D eigenvalue weighted by Crippen LogP contribution is 2.65.